The molecule has 0 heterocycles. The highest BCUT2D eigenvalue weighted by Gasteiger charge is 2.17. The molecule has 21 heavy (non-hydrogen) atoms. The van der Waals surface area contributed by atoms with Crippen LogP contribution in [0.4, 0.5) is 4.39 Å². The van der Waals surface area contributed by atoms with E-state index in [1.807, 2.05) is 48.5 Å². The maximum Gasteiger partial charge on any atom is 0.137 e. The van der Waals surface area contributed by atoms with Crippen LogP contribution in [-0.4, -0.2) is 0 Å². The molecule has 0 aliphatic rings. The van der Waals surface area contributed by atoms with Crippen molar-refractivity contribution in [1.29, 1.82) is 0 Å². The standard InChI is InChI=1S/C18H13BrFP/c19-17-13-16(11-12-18(17)20)21(14-7-3-1-4-8-14)15-9-5-2-6-10-15/h1-13H. The third-order valence-corrected chi connectivity index (χ3v) is 6.22. The van der Waals surface area contributed by atoms with Crippen molar-refractivity contribution in [1.82, 2.24) is 0 Å². The maximum absolute atomic E-state index is 13.5. The van der Waals surface area contributed by atoms with Crippen molar-refractivity contribution in [2.75, 3.05) is 0 Å². The van der Waals surface area contributed by atoms with E-state index in [0.717, 1.165) is 5.30 Å². The summed E-state index contributed by atoms with van der Waals surface area (Å²) in [5, 5.41) is 3.66. The molecule has 0 unspecified atom stereocenters. The molecule has 3 heteroatoms. The van der Waals surface area contributed by atoms with Crippen LogP contribution in [-0.2, 0) is 0 Å². The topological polar surface area (TPSA) is 0 Å². The monoisotopic (exact) mass is 358 g/mol. The van der Waals surface area contributed by atoms with Crippen molar-refractivity contribution in [2.45, 2.75) is 0 Å². The lowest BCUT2D eigenvalue weighted by Gasteiger charge is -2.19. The molecule has 0 N–H and O–H groups in total. The smallest absolute Gasteiger partial charge is 0.137 e. The van der Waals surface area contributed by atoms with Gasteiger partial charge in [-0.05, 0) is 51.9 Å². The summed E-state index contributed by atoms with van der Waals surface area (Å²) in [6.07, 6.45) is 0. The van der Waals surface area contributed by atoms with Gasteiger partial charge in [-0.3, -0.25) is 0 Å². The van der Waals surface area contributed by atoms with Gasteiger partial charge < -0.3 is 0 Å². The largest absolute Gasteiger partial charge is 0.206 e. The zero-order valence-electron chi connectivity index (χ0n) is 11.2. The van der Waals surface area contributed by atoms with Crippen molar-refractivity contribution in [3.8, 4) is 0 Å². The summed E-state index contributed by atoms with van der Waals surface area (Å²) in [7, 11) is -0.671. The molecular weight excluding hydrogens is 346 g/mol. The van der Waals surface area contributed by atoms with Crippen molar-refractivity contribution in [3.63, 3.8) is 0 Å². The second-order valence-corrected chi connectivity index (χ2v) is 7.68. The molecule has 0 nitrogen and oxygen atoms in total. The highest BCUT2D eigenvalue weighted by Crippen LogP contribution is 2.33. The second-order valence-electron chi connectivity index (χ2n) is 4.60. The fourth-order valence-corrected chi connectivity index (χ4v) is 5.10. The molecule has 0 atom stereocenters. The fraction of sp³-hybridized carbons (Fsp3) is 0. The minimum atomic E-state index is -0.671. The van der Waals surface area contributed by atoms with Gasteiger partial charge in [-0.15, -0.1) is 0 Å². The van der Waals surface area contributed by atoms with Crippen LogP contribution in [0.1, 0.15) is 0 Å². The lowest BCUT2D eigenvalue weighted by atomic mass is 10.3. The Morgan fingerprint density at radius 1 is 0.667 bits per heavy atom. The molecule has 0 fully saturated rings. The van der Waals surface area contributed by atoms with Gasteiger partial charge in [-0.25, -0.2) is 4.39 Å². The van der Waals surface area contributed by atoms with Crippen LogP contribution >= 0.6 is 23.9 Å². The summed E-state index contributed by atoms with van der Waals surface area (Å²) in [6, 6.07) is 26.1. The van der Waals surface area contributed by atoms with Crippen molar-refractivity contribution >= 4 is 39.8 Å². The summed E-state index contributed by atoms with van der Waals surface area (Å²) >= 11 is 3.29. The van der Waals surface area contributed by atoms with Crippen LogP contribution < -0.4 is 15.9 Å². The zero-order valence-corrected chi connectivity index (χ0v) is 13.7. The molecule has 104 valence electrons. The molecule has 0 aromatic heterocycles. The number of rotatable bonds is 3. The molecule has 0 amide bonds. The third kappa shape index (κ3) is 3.23. The number of hydrogen-bond acceptors (Lipinski definition) is 0. The van der Waals surface area contributed by atoms with Crippen LogP contribution in [0.3, 0.4) is 0 Å². The Bertz CT molecular complexity index is 689. The Labute approximate surface area is 133 Å². The minimum Gasteiger partial charge on any atom is -0.206 e. The highest BCUT2D eigenvalue weighted by atomic mass is 79.9. The lowest BCUT2D eigenvalue weighted by Crippen LogP contribution is -2.20. The maximum atomic E-state index is 13.5. The van der Waals surface area contributed by atoms with Crippen molar-refractivity contribution in [2.24, 2.45) is 0 Å². The van der Waals surface area contributed by atoms with Crippen LogP contribution in [0.5, 0.6) is 0 Å². The Balaban J connectivity index is 2.14. The van der Waals surface area contributed by atoms with Gasteiger partial charge in [0.2, 0.25) is 0 Å². The van der Waals surface area contributed by atoms with Crippen LogP contribution in [0.25, 0.3) is 0 Å². The molecule has 0 spiro atoms. The van der Waals surface area contributed by atoms with E-state index in [4.69, 9.17) is 0 Å². The van der Waals surface area contributed by atoms with Crippen LogP contribution in [0.15, 0.2) is 83.3 Å². The van der Waals surface area contributed by atoms with E-state index in [1.165, 1.54) is 16.7 Å². The summed E-state index contributed by atoms with van der Waals surface area (Å²) in [4.78, 5) is 0. The van der Waals surface area contributed by atoms with Crippen LogP contribution in [0, 0.1) is 5.82 Å². The minimum absolute atomic E-state index is 0.227. The fourth-order valence-electron chi connectivity index (χ4n) is 2.23. The molecule has 3 aromatic rings. The SMILES string of the molecule is Fc1ccc(P(c2ccccc2)c2ccccc2)cc1Br. The predicted octanol–water partition coefficient (Wildman–Crippen LogP) is 4.35. The average Bonchev–Trinajstić information content (AvgIpc) is 2.53. The van der Waals surface area contributed by atoms with E-state index in [2.05, 4.69) is 40.2 Å². The van der Waals surface area contributed by atoms with Crippen LogP contribution in [0.2, 0.25) is 0 Å². The third-order valence-electron chi connectivity index (χ3n) is 3.19. The van der Waals surface area contributed by atoms with E-state index in [0.29, 0.717) is 4.47 Å². The Kier molecular flexibility index (Phi) is 4.48. The van der Waals surface area contributed by atoms with E-state index in [-0.39, 0.29) is 5.82 Å². The molecule has 0 aliphatic carbocycles. The molecule has 3 rings (SSSR count). The molecule has 0 saturated heterocycles. The summed E-state index contributed by atoms with van der Waals surface area (Å²) in [6.45, 7) is 0. The summed E-state index contributed by atoms with van der Waals surface area (Å²) < 4.78 is 14.0. The van der Waals surface area contributed by atoms with Gasteiger partial charge in [0.15, 0.2) is 0 Å². The van der Waals surface area contributed by atoms with Crippen molar-refractivity contribution in [3.05, 3.63) is 89.2 Å². The second kappa shape index (κ2) is 6.51. The average molecular weight is 359 g/mol. The van der Waals surface area contributed by atoms with Gasteiger partial charge in [0.25, 0.3) is 0 Å². The Morgan fingerprint density at radius 3 is 1.67 bits per heavy atom. The summed E-state index contributed by atoms with van der Waals surface area (Å²) in [5.74, 6) is -0.227. The molecule has 0 radical (unpaired) electrons. The van der Waals surface area contributed by atoms with Gasteiger partial charge in [0.05, 0.1) is 4.47 Å². The van der Waals surface area contributed by atoms with Gasteiger partial charge >= 0.3 is 0 Å². The van der Waals surface area contributed by atoms with Gasteiger partial charge in [0, 0.05) is 0 Å². The normalized spacial score (nSPS) is 10.8. The predicted molar refractivity (Wildman–Crippen MR) is 92.8 cm³/mol. The molecule has 0 bridgehead atoms. The van der Waals surface area contributed by atoms with Gasteiger partial charge in [0.1, 0.15) is 5.82 Å². The van der Waals surface area contributed by atoms with E-state index in [1.54, 1.807) is 0 Å². The number of halogens is 2. The molecule has 0 aliphatic heterocycles. The first kappa shape index (κ1) is 14.4. The summed E-state index contributed by atoms with van der Waals surface area (Å²) in [5.41, 5.74) is 0. The van der Waals surface area contributed by atoms with Gasteiger partial charge in [-0.1, -0.05) is 66.7 Å². The van der Waals surface area contributed by atoms with E-state index < -0.39 is 7.92 Å². The first-order valence-corrected chi connectivity index (χ1v) is 8.74. The quantitative estimate of drug-likeness (QED) is 0.610. The van der Waals surface area contributed by atoms with Crippen molar-refractivity contribution < 1.29 is 4.39 Å². The highest BCUT2D eigenvalue weighted by molar-refractivity contribution is 9.10. The Morgan fingerprint density at radius 2 is 1.19 bits per heavy atom. The first-order valence-electron chi connectivity index (χ1n) is 6.61. The van der Waals surface area contributed by atoms with Gasteiger partial charge in [-0.2, -0.15) is 0 Å². The molecule has 3 aromatic carbocycles. The number of benzene rings is 3. The van der Waals surface area contributed by atoms with E-state index in [9.17, 15) is 4.39 Å². The lowest BCUT2D eigenvalue weighted by molar-refractivity contribution is 0.621. The van der Waals surface area contributed by atoms with E-state index >= 15 is 0 Å². The Hall–Kier alpha value is -1.50. The molecule has 0 saturated carbocycles. The molecular formula is C18H13BrFP. The zero-order chi connectivity index (χ0) is 14.7. The first-order chi connectivity index (χ1) is 10.3. The number of hydrogen-bond donors (Lipinski definition) is 0.